The molecule has 4 heteroatoms. The van der Waals surface area contributed by atoms with Crippen molar-refractivity contribution < 1.29 is 14.6 Å². The first kappa shape index (κ1) is 15.4. The molecule has 4 rings (SSSR count). The summed E-state index contributed by atoms with van der Waals surface area (Å²) < 4.78 is 5.01. The Morgan fingerprint density at radius 2 is 1.58 bits per heavy atom. The molecule has 2 aromatic rings. The molecule has 0 saturated carbocycles. The molecule has 124 valence electrons. The van der Waals surface area contributed by atoms with Gasteiger partial charge in [-0.3, -0.25) is 4.79 Å². The second-order valence-electron chi connectivity index (χ2n) is 6.99. The van der Waals surface area contributed by atoms with Crippen LogP contribution in [0.15, 0.2) is 60.7 Å². The maximum absolute atomic E-state index is 12.5. The summed E-state index contributed by atoms with van der Waals surface area (Å²) in [5.74, 6) is -0.201. The van der Waals surface area contributed by atoms with Gasteiger partial charge in [-0.05, 0) is 17.5 Å². The predicted octanol–water partition coefficient (Wildman–Crippen LogP) is 1.77. The van der Waals surface area contributed by atoms with Crippen molar-refractivity contribution >= 4 is 5.91 Å². The molecule has 2 aliphatic heterocycles. The molecular weight excluding hydrogens is 302 g/mol. The van der Waals surface area contributed by atoms with Gasteiger partial charge < -0.3 is 14.7 Å². The molecule has 0 aliphatic carbocycles. The summed E-state index contributed by atoms with van der Waals surface area (Å²) in [7, 11) is 0. The molecule has 0 atom stereocenters. The number of hydrogen-bond acceptors (Lipinski definition) is 3. The highest BCUT2D eigenvalue weighted by Crippen LogP contribution is 2.39. The van der Waals surface area contributed by atoms with E-state index in [0.717, 1.165) is 6.42 Å². The van der Waals surface area contributed by atoms with E-state index in [1.165, 1.54) is 11.1 Å². The fourth-order valence-corrected chi connectivity index (χ4v) is 3.72. The summed E-state index contributed by atoms with van der Waals surface area (Å²) in [4.78, 5) is 14.3. The Morgan fingerprint density at radius 3 is 2.12 bits per heavy atom. The Morgan fingerprint density at radius 1 is 1.00 bits per heavy atom. The standard InChI is InChI=1S/C20H21NO3/c22-18(20(23)14-24-15-20)21-12-19(13-21,17-9-5-2-6-10-17)11-16-7-3-1-4-8-16/h1-10,23H,11-15H2. The van der Waals surface area contributed by atoms with Crippen molar-refractivity contribution in [3.63, 3.8) is 0 Å². The van der Waals surface area contributed by atoms with E-state index >= 15 is 0 Å². The summed E-state index contributed by atoms with van der Waals surface area (Å²) in [6.45, 7) is 1.48. The van der Waals surface area contributed by atoms with Gasteiger partial charge >= 0.3 is 0 Å². The molecule has 24 heavy (non-hydrogen) atoms. The topological polar surface area (TPSA) is 49.8 Å². The Labute approximate surface area is 141 Å². The molecule has 2 saturated heterocycles. The van der Waals surface area contributed by atoms with Crippen LogP contribution >= 0.6 is 0 Å². The third-order valence-corrected chi connectivity index (χ3v) is 5.13. The zero-order valence-corrected chi connectivity index (χ0v) is 13.5. The molecule has 4 nitrogen and oxygen atoms in total. The molecular formula is C20H21NO3. The fraction of sp³-hybridized carbons (Fsp3) is 0.350. The summed E-state index contributed by atoms with van der Waals surface area (Å²) in [6, 6.07) is 20.7. The number of amides is 1. The number of carbonyl (C=O) groups excluding carboxylic acids is 1. The van der Waals surface area contributed by atoms with Crippen LogP contribution in [0.25, 0.3) is 0 Å². The van der Waals surface area contributed by atoms with Crippen molar-refractivity contribution in [3.8, 4) is 0 Å². The molecule has 0 unspecified atom stereocenters. The van der Waals surface area contributed by atoms with Crippen LogP contribution in [-0.4, -0.2) is 47.8 Å². The van der Waals surface area contributed by atoms with Gasteiger partial charge in [0.25, 0.3) is 5.91 Å². The van der Waals surface area contributed by atoms with Crippen LogP contribution in [0.4, 0.5) is 0 Å². The summed E-state index contributed by atoms with van der Waals surface area (Å²) in [5.41, 5.74) is 1.11. The lowest BCUT2D eigenvalue weighted by molar-refractivity contribution is -0.205. The number of aliphatic hydroxyl groups is 1. The van der Waals surface area contributed by atoms with E-state index in [9.17, 15) is 9.90 Å². The van der Waals surface area contributed by atoms with Gasteiger partial charge in [0.2, 0.25) is 0 Å². The van der Waals surface area contributed by atoms with E-state index in [1.807, 2.05) is 36.4 Å². The number of carbonyl (C=O) groups is 1. The Kier molecular flexibility index (Phi) is 3.66. The summed E-state index contributed by atoms with van der Waals surface area (Å²) >= 11 is 0. The molecule has 0 spiro atoms. The Hall–Kier alpha value is -2.17. The third kappa shape index (κ3) is 2.52. The Balaban J connectivity index is 1.57. The van der Waals surface area contributed by atoms with E-state index < -0.39 is 5.60 Å². The van der Waals surface area contributed by atoms with Gasteiger partial charge in [-0.2, -0.15) is 0 Å². The van der Waals surface area contributed by atoms with Crippen molar-refractivity contribution in [2.75, 3.05) is 26.3 Å². The van der Waals surface area contributed by atoms with Crippen molar-refractivity contribution in [1.82, 2.24) is 4.90 Å². The summed E-state index contributed by atoms with van der Waals surface area (Å²) in [5, 5.41) is 10.2. The first-order valence-corrected chi connectivity index (χ1v) is 8.30. The first-order chi connectivity index (χ1) is 11.6. The summed E-state index contributed by atoms with van der Waals surface area (Å²) in [6.07, 6.45) is 0.885. The average Bonchev–Trinajstić information content (AvgIpc) is 2.57. The van der Waals surface area contributed by atoms with Gasteiger partial charge in [-0.15, -0.1) is 0 Å². The van der Waals surface area contributed by atoms with E-state index in [0.29, 0.717) is 13.1 Å². The van der Waals surface area contributed by atoms with Crippen LogP contribution in [0, 0.1) is 0 Å². The minimum Gasteiger partial charge on any atom is -0.376 e. The van der Waals surface area contributed by atoms with Gasteiger partial charge in [-0.1, -0.05) is 60.7 Å². The highest BCUT2D eigenvalue weighted by molar-refractivity contribution is 5.87. The van der Waals surface area contributed by atoms with Crippen LogP contribution in [0.3, 0.4) is 0 Å². The second kappa shape index (κ2) is 5.72. The molecule has 2 heterocycles. The zero-order chi connectivity index (χ0) is 16.6. The van der Waals surface area contributed by atoms with Gasteiger partial charge in [0.15, 0.2) is 5.60 Å². The number of likely N-dealkylation sites (tertiary alicyclic amines) is 1. The third-order valence-electron chi connectivity index (χ3n) is 5.13. The van der Waals surface area contributed by atoms with Crippen LogP contribution in [0.2, 0.25) is 0 Å². The monoisotopic (exact) mass is 323 g/mol. The first-order valence-electron chi connectivity index (χ1n) is 8.30. The van der Waals surface area contributed by atoms with E-state index in [2.05, 4.69) is 24.3 Å². The smallest absolute Gasteiger partial charge is 0.259 e. The van der Waals surface area contributed by atoms with Crippen LogP contribution in [-0.2, 0) is 21.4 Å². The average molecular weight is 323 g/mol. The van der Waals surface area contributed by atoms with Crippen molar-refractivity contribution in [3.05, 3.63) is 71.8 Å². The molecule has 1 N–H and O–H groups in total. The zero-order valence-electron chi connectivity index (χ0n) is 13.5. The van der Waals surface area contributed by atoms with Gasteiger partial charge in [0.05, 0.1) is 13.2 Å². The van der Waals surface area contributed by atoms with Gasteiger partial charge in [0, 0.05) is 18.5 Å². The molecule has 2 aliphatic rings. The SMILES string of the molecule is O=C(N1CC(Cc2ccccc2)(c2ccccc2)C1)C1(O)COC1. The lowest BCUT2D eigenvalue weighted by atomic mass is 9.69. The molecule has 2 fully saturated rings. The molecule has 2 aromatic carbocycles. The lowest BCUT2D eigenvalue weighted by Gasteiger charge is -2.53. The van der Waals surface area contributed by atoms with E-state index in [1.54, 1.807) is 4.90 Å². The maximum atomic E-state index is 12.5. The fourth-order valence-electron chi connectivity index (χ4n) is 3.72. The normalized spacial score (nSPS) is 20.8. The number of hydrogen-bond donors (Lipinski definition) is 1. The van der Waals surface area contributed by atoms with Crippen molar-refractivity contribution in [1.29, 1.82) is 0 Å². The number of benzene rings is 2. The highest BCUT2D eigenvalue weighted by atomic mass is 16.5. The maximum Gasteiger partial charge on any atom is 0.259 e. The minimum absolute atomic E-state index is 0.0841. The molecule has 0 aromatic heterocycles. The van der Waals surface area contributed by atoms with E-state index in [-0.39, 0.29) is 24.5 Å². The highest BCUT2D eigenvalue weighted by Gasteiger charge is 2.53. The Bertz CT molecular complexity index is 719. The van der Waals surface area contributed by atoms with Crippen LogP contribution < -0.4 is 0 Å². The van der Waals surface area contributed by atoms with Crippen LogP contribution in [0.1, 0.15) is 11.1 Å². The minimum atomic E-state index is -1.31. The largest absolute Gasteiger partial charge is 0.376 e. The van der Waals surface area contributed by atoms with Crippen LogP contribution in [0.5, 0.6) is 0 Å². The van der Waals surface area contributed by atoms with Gasteiger partial charge in [0.1, 0.15) is 0 Å². The quantitative estimate of drug-likeness (QED) is 0.933. The van der Waals surface area contributed by atoms with Crippen molar-refractivity contribution in [2.24, 2.45) is 0 Å². The molecule has 1 amide bonds. The number of ether oxygens (including phenoxy) is 1. The molecule has 0 radical (unpaired) electrons. The number of rotatable bonds is 4. The van der Waals surface area contributed by atoms with E-state index in [4.69, 9.17) is 4.74 Å². The molecule has 0 bridgehead atoms. The van der Waals surface area contributed by atoms with Crippen molar-refractivity contribution in [2.45, 2.75) is 17.4 Å². The second-order valence-corrected chi connectivity index (χ2v) is 6.99. The van der Waals surface area contributed by atoms with Gasteiger partial charge in [-0.25, -0.2) is 0 Å². The number of nitrogens with zero attached hydrogens (tertiary/aromatic N) is 1. The lowest BCUT2D eigenvalue weighted by Crippen LogP contribution is -2.70. The predicted molar refractivity (Wildman–Crippen MR) is 90.6 cm³/mol.